The monoisotopic (exact) mass is 279 g/mol. The molecule has 1 fully saturated rings. The Morgan fingerprint density at radius 3 is 2.90 bits per heavy atom. The highest BCUT2D eigenvalue weighted by atomic mass is 16.5. The lowest BCUT2D eigenvalue weighted by atomic mass is 10.1. The molecule has 1 heterocycles. The Kier molecular flexibility index (Phi) is 6.47. The maximum atomic E-state index is 9.89. The van der Waals surface area contributed by atoms with E-state index in [2.05, 4.69) is 12.2 Å². The van der Waals surface area contributed by atoms with Gasteiger partial charge in [-0.3, -0.25) is 0 Å². The Labute approximate surface area is 121 Å². The van der Waals surface area contributed by atoms with Gasteiger partial charge in [0.15, 0.2) is 0 Å². The first-order valence-electron chi connectivity index (χ1n) is 7.40. The van der Waals surface area contributed by atoms with Gasteiger partial charge in [0.05, 0.1) is 25.4 Å². The first-order valence-corrected chi connectivity index (χ1v) is 7.40. The summed E-state index contributed by atoms with van der Waals surface area (Å²) in [6.07, 6.45) is 2.05. The molecule has 4 heteroatoms. The van der Waals surface area contributed by atoms with Gasteiger partial charge < -0.3 is 19.9 Å². The molecule has 2 N–H and O–H groups in total. The van der Waals surface area contributed by atoms with Crippen molar-refractivity contribution in [3.63, 3.8) is 0 Å². The highest BCUT2D eigenvalue weighted by Gasteiger charge is 2.22. The van der Waals surface area contributed by atoms with E-state index >= 15 is 0 Å². The van der Waals surface area contributed by atoms with E-state index in [1.807, 2.05) is 30.3 Å². The molecule has 0 aromatic heterocycles. The summed E-state index contributed by atoms with van der Waals surface area (Å²) in [6.45, 7) is 4.39. The third-order valence-electron chi connectivity index (χ3n) is 3.62. The van der Waals surface area contributed by atoms with Crippen LogP contribution in [0, 0.1) is 0 Å². The number of aliphatic hydroxyl groups is 1. The predicted molar refractivity (Wildman–Crippen MR) is 78.5 cm³/mol. The Bertz CT molecular complexity index is 365. The first-order chi connectivity index (χ1) is 9.75. The van der Waals surface area contributed by atoms with Gasteiger partial charge in [0.2, 0.25) is 0 Å². The molecule has 3 atom stereocenters. The molecule has 4 nitrogen and oxygen atoms in total. The van der Waals surface area contributed by atoms with Crippen molar-refractivity contribution in [2.75, 3.05) is 19.8 Å². The summed E-state index contributed by atoms with van der Waals surface area (Å²) >= 11 is 0. The van der Waals surface area contributed by atoms with Crippen LogP contribution in [0.2, 0.25) is 0 Å². The fraction of sp³-hybridized carbons (Fsp3) is 0.625. The SMILES string of the molecule is CC(NCC(O)COCc1ccccc1)C1CCCO1. The maximum Gasteiger partial charge on any atom is 0.0897 e. The zero-order chi connectivity index (χ0) is 14.2. The van der Waals surface area contributed by atoms with Crippen LogP contribution in [-0.2, 0) is 16.1 Å². The molecule has 1 aliphatic heterocycles. The van der Waals surface area contributed by atoms with E-state index in [4.69, 9.17) is 9.47 Å². The van der Waals surface area contributed by atoms with Crippen molar-refractivity contribution >= 4 is 0 Å². The number of nitrogens with one attached hydrogen (secondary N) is 1. The van der Waals surface area contributed by atoms with Crippen LogP contribution in [0.5, 0.6) is 0 Å². The highest BCUT2D eigenvalue weighted by Crippen LogP contribution is 2.15. The summed E-state index contributed by atoms with van der Waals surface area (Å²) in [5.74, 6) is 0. The summed E-state index contributed by atoms with van der Waals surface area (Å²) in [6, 6.07) is 10.3. The van der Waals surface area contributed by atoms with E-state index in [0.29, 0.717) is 19.8 Å². The van der Waals surface area contributed by atoms with Crippen LogP contribution in [0.4, 0.5) is 0 Å². The smallest absolute Gasteiger partial charge is 0.0897 e. The van der Waals surface area contributed by atoms with Gasteiger partial charge in [-0.2, -0.15) is 0 Å². The van der Waals surface area contributed by atoms with Gasteiger partial charge in [-0.25, -0.2) is 0 Å². The van der Waals surface area contributed by atoms with E-state index in [0.717, 1.165) is 25.0 Å². The number of benzene rings is 1. The fourth-order valence-electron chi connectivity index (χ4n) is 2.40. The lowest BCUT2D eigenvalue weighted by Gasteiger charge is -2.21. The van der Waals surface area contributed by atoms with E-state index in [1.165, 1.54) is 0 Å². The quantitative estimate of drug-likeness (QED) is 0.761. The number of rotatable bonds is 8. The van der Waals surface area contributed by atoms with E-state index in [-0.39, 0.29) is 12.1 Å². The van der Waals surface area contributed by atoms with Gasteiger partial charge in [-0.05, 0) is 25.3 Å². The molecule has 1 aromatic carbocycles. The van der Waals surface area contributed by atoms with E-state index in [1.54, 1.807) is 0 Å². The number of hydrogen-bond donors (Lipinski definition) is 2. The van der Waals surface area contributed by atoms with Crippen molar-refractivity contribution in [1.82, 2.24) is 5.32 Å². The first kappa shape index (κ1) is 15.4. The second kappa shape index (κ2) is 8.37. The molecule has 0 bridgehead atoms. The summed E-state index contributed by atoms with van der Waals surface area (Å²) < 4.78 is 11.1. The molecule has 1 saturated heterocycles. The van der Waals surface area contributed by atoms with Crippen LogP contribution >= 0.6 is 0 Å². The number of aliphatic hydroxyl groups excluding tert-OH is 1. The minimum absolute atomic E-state index is 0.279. The van der Waals surface area contributed by atoms with Crippen molar-refractivity contribution in [2.24, 2.45) is 0 Å². The zero-order valence-corrected chi connectivity index (χ0v) is 12.1. The van der Waals surface area contributed by atoms with Crippen molar-refractivity contribution in [3.8, 4) is 0 Å². The molecular formula is C16H25NO3. The molecule has 112 valence electrons. The third kappa shape index (κ3) is 5.21. The van der Waals surface area contributed by atoms with Gasteiger partial charge in [-0.1, -0.05) is 30.3 Å². The minimum Gasteiger partial charge on any atom is -0.389 e. The summed E-state index contributed by atoms with van der Waals surface area (Å²) in [5, 5.41) is 13.2. The maximum absolute atomic E-state index is 9.89. The Morgan fingerprint density at radius 2 is 2.20 bits per heavy atom. The van der Waals surface area contributed by atoms with Crippen molar-refractivity contribution in [1.29, 1.82) is 0 Å². The minimum atomic E-state index is -0.484. The fourth-order valence-corrected chi connectivity index (χ4v) is 2.40. The summed E-state index contributed by atoms with van der Waals surface area (Å²) in [7, 11) is 0. The van der Waals surface area contributed by atoms with Gasteiger partial charge in [-0.15, -0.1) is 0 Å². The Balaban J connectivity index is 1.57. The number of hydrogen-bond acceptors (Lipinski definition) is 4. The molecule has 1 aromatic rings. The van der Waals surface area contributed by atoms with Crippen molar-refractivity contribution < 1.29 is 14.6 Å². The highest BCUT2D eigenvalue weighted by molar-refractivity contribution is 5.13. The lowest BCUT2D eigenvalue weighted by molar-refractivity contribution is 0.0224. The molecule has 20 heavy (non-hydrogen) atoms. The zero-order valence-electron chi connectivity index (χ0n) is 12.1. The van der Waals surface area contributed by atoms with E-state index < -0.39 is 6.10 Å². The van der Waals surface area contributed by atoms with Crippen molar-refractivity contribution in [2.45, 2.75) is 44.6 Å². The molecule has 0 amide bonds. The van der Waals surface area contributed by atoms with Crippen LogP contribution in [0.25, 0.3) is 0 Å². The van der Waals surface area contributed by atoms with Crippen LogP contribution in [-0.4, -0.2) is 43.1 Å². The van der Waals surface area contributed by atoms with Gasteiger partial charge in [0, 0.05) is 19.2 Å². The molecule has 1 aliphatic rings. The molecule has 2 rings (SSSR count). The number of ether oxygens (including phenoxy) is 2. The van der Waals surface area contributed by atoms with Gasteiger partial charge >= 0.3 is 0 Å². The van der Waals surface area contributed by atoms with Crippen molar-refractivity contribution in [3.05, 3.63) is 35.9 Å². The van der Waals surface area contributed by atoms with Gasteiger partial charge in [0.25, 0.3) is 0 Å². The normalized spacial score (nSPS) is 21.8. The average molecular weight is 279 g/mol. The topological polar surface area (TPSA) is 50.7 Å². The van der Waals surface area contributed by atoms with Crippen LogP contribution in [0.15, 0.2) is 30.3 Å². The summed E-state index contributed by atoms with van der Waals surface area (Å²) in [4.78, 5) is 0. The predicted octanol–water partition coefficient (Wildman–Crippen LogP) is 1.72. The third-order valence-corrected chi connectivity index (χ3v) is 3.62. The Hall–Kier alpha value is -0.940. The lowest BCUT2D eigenvalue weighted by Crippen LogP contribution is -2.42. The largest absolute Gasteiger partial charge is 0.389 e. The Morgan fingerprint density at radius 1 is 1.40 bits per heavy atom. The van der Waals surface area contributed by atoms with Crippen LogP contribution in [0.1, 0.15) is 25.3 Å². The molecule has 0 radical (unpaired) electrons. The second-order valence-electron chi connectivity index (χ2n) is 5.40. The molecular weight excluding hydrogens is 254 g/mol. The van der Waals surface area contributed by atoms with E-state index in [9.17, 15) is 5.11 Å². The van der Waals surface area contributed by atoms with Gasteiger partial charge in [0.1, 0.15) is 0 Å². The molecule has 0 aliphatic carbocycles. The molecule has 3 unspecified atom stereocenters. The average Bonchev–Trinajstić information content (AvgIpc) is 3.00. The van der Waals surface area contributed by atoms with Crippen LogP contribution < -0.4 is 5.32 Å². The standard InChI is InChI=1S/C16H25NO3/c1-13(16-8-5-9-20-16)17-10-15(18)12-19-11-14-6-3-2-4-7-14/h2-4,6-7,13,15-18H,5,8-12H2,1H3. The molecule has 0 spiro atoms. The second-order valence-corrected chi connectivity index (χ2v) is 5.40. The van der Waals surface area contributed by atoms with Crippen LogP contribution in [0.3, 0.4) is 0 Å². The summed E-state index contributed by atoms with van der Waals surface area (Å²) in [5.41, 5.74) is 1.13. The molecule has 0 saturated carbocycles.